The lowest BCUT2D eigenvalue weighted by atomic mass is 10.2. The van der Waals surface area contributed by atoms with Gasteiger partial charge in [0.2, 0.25) is 0 Å². The van der Waals surface area contributed by atoms with Gasteiger partial charge in [0, 0.05) is 5.69 Å². The van der Waals surface area contributed by atoms with Gasteiger partial charge in [0.25, 0.3) is 15.9 Å². The Balaban J connectivity index is 1.59. The summed E-state index contributed by atoms with van der Waals surface area (Å²) in [5, 5.41) is 11.5. The Labute approximate surface area is 185 Å². The predicted molar refractivity (Wildman–Crippen MR) is 118 cm³/mol. The van der Waals surface area contributed by atoms with Gasteiger partial charge < -0.3 is 10.1 Å². The van der Waals surface area contributed by atoms with Crippen molar-refractivity contribution in [2.75, 3.05) is 16.6 Å². The van der Waals surface area contributed by atoms with Gasteiger partial charge in [-0.2, -0.15) is 5.26 Å². The monoisotopic (exact) mass is 449 g/mol. The first-order valence-corrected chi connectivity index (χ1v) is 10.9. The van der Waals surface area contributed by atoms with Crippen LogP contribution in [-0.4, -0.2) is 26.9 Å². The summed E-state index contributed by atoms with van der Waals surface area (Å²) >= 11 is 0. The lowest BCUT2D eigenvalue weighted by Crippen LogP contribution is -2.21. The largest absolute Gasteiger partial charge is 0.452 e. The van der Waals surface area contributed by atoms with Crippen molar-refractivity contribution in [3.8, 4) is 6.07 Å². The zero-order chi connectivity index (χ0) is 23.1. The molecule has 0 heterocycles. The Morgan fingerprint density at radius 2 is 1.62 bits per heavy atom. The van der Waals surface area contributed by atoms with Crippen molar-refractivity contribution in [2.24, 2.45) is 0 Å². The van der Waals surface area contributed by atoms with Crippen molar-refractivity contribution in [1.82, 2.24) is 0 Å². The van der Waals surface area contributed by atoms with Crippen LogP contribution in [0.3, 0.4) is 0 Å². The van der Waals surface area contributed by atoms with E-state index >= 15 is 0 Å². The minimum atomic E-state index is -3.83. The summed E-state index contributed by atoms with van der Waals surface area (Å²) in [5.41, 5.74) is 2.10. The van der Waals surface area contributed by atoms with Gasteiger partial charge in [0.15, 0.2) is 6.61 Å². The van der Waals surface area contributed by atoms with Crippen LogP contribution in [-0.2, 0) is 19.6 Å². The minimum absolute atomic E-state index is 0.0273. The maximum atomic E-state index is 12.5. The molecule has 0 aliphatic rings. The summed E-state index contributed by atoms with van der Waals surface area (Å²) in [7, 11) is -3.83. The number of rotatable bonds is 7. The Morgan fingerprint density at radius 3 is 2.28 bits per heavy atom. The third-order valence-corrected chi connectivity index (χ3v) is 5.76. The maximum Gasteiger partial charge on any atom is 0.338 e. The summed E-state index contributed by atoms with van der Waals surface area (Å²) < 4.78 is 32.4. The number of esters is 1. The summed E-state index contributed by atoms with van der Waals surface area (Å²) in [4.78, 5) is 24.2. The molecule has 0 unspecified atom stereocenters. The molecule has 0 saturated heterocycles. The number of sulfonamides is 1. The van der Waals surface area contributed by atoms with E-state index in [1.165, 1.54) is 24.3 Å². The van der Waals surface area contributed by atoms with E-state index in [4.69, 9.17) is 10.00 Å². The molecule has 8 nitrogen and oxygen atoms in total. The average Bonchev–Trinajstić information content (AvgIpc) is 2.79. The molecular formula is C23H19N3O5S. The maximum absolute atomic E-state index is 12.5. The number of ether oxygens (including phenoxy) is 1. The molecule has 32 heavy (non-hydrogen) atoms. The Bertz CT molecular complexity index is 1280. The summed E-state index contributed by atoms with van der Waals surface area (Å²) in [5.74, 6) is -1.40. The highest BCUT2D eigenvalue weighted by atomic mass is 32.2. The minimum Gasteiger partial charge on any atom is -0.452 e. The second-order valence-electron chi connectivity index (χ2n) is 6.78. The molecule has 162 valence electrons. The van der Waals surface area contributed by atoms with Crippen molar-refractivity contribution in [2.45, 2.75) is 11.8 Å². The molecular weight excluding hydrogens is 430 g/mol. The van der Waals surface area contributed by atoms with E-state index in [0.717, 1.165) is 5.56 Å². The first-order valence-electron chi connectivity index (χ1n) is 9.44. The van der Waals surface area contributed by atoms with Gasteiger partial charge in [-0.05, 0) is 55.5 Å². The molecule has 0 aliphatic heterocycles. The number of nitriles is 1. The molecule has 0 spiro atoms. The quantitative estimate of drug-likeness (QED) is 0.532. The third kappa shape index (κ3) is 5.71. The van der Waals surface area contributed by atoms with Crippen LogP contribution in [0, 0.1) is 18.3 Å². The van der Waals surface area contributed by atoms with Gasteiger partial charge in [-0.3, -0.25) is 9.52 Å². The fourth-order valence-electron chi connectivity index (χ4n) is 2.70. The lowest BCUT2D eigenvalue weighted by molar-refractivity contribution is -0.119. The lowest BCUT2D eigenvalue weighted by Gasteiger charge is -2.10. The number of carbonyl (C=O) groups is 2. The van der Waals surface area contributed by atoms with E-state index < -0.39 is 28.5 Å². The van der Waals surface area contributed by atoms with Crippen LogP contribution in [0.5, 0.6) is 0 Å². The SMILES string of the molecule is Cc1ccc(NS(=O)(=O)c2ccc(C(=O)OCC(=O)Nc3ccccc3C#N)cc2)cc1. The number of hydrogen-bond acceptors (Lipinski definition) is 6. The number of para-hydroxylation sites is 1. The number of nitrogens with zero attached hydrogens (tertiary/aromatic N) is 1. The zero-order valence-corrected chi connectivity index (χ0v) is 17.8. The van der Waals surface area contributed by atoms with Crippen LogP contribution in [0.25, 0.3) is 0 Å². The molecule has 2 N–H and O–H groups in total. The van der Waals surface area contributed by atoms with Gasteiger partial charge in [-0.15, -0.1) is 0 Å². The van der Waals surface area contributed by atoms with Crippen molar-refractivity contribution < 1.29 is 22.7 Å². The van der Waals surface area contributed by atoms with Crippen LogP contribution >= 0.6 is 0 Å². The molecule has 0 atom stereocenters. The number of carbonyl (C=O) groups excluding carboxylic acids is 2. The highest BCUT2D eigenvalue weighted by Gasteiger charge is 2.16. The van der Waals surface area contributed by atoms with Gasteiger partial charge in [0.1, 0.15) is 6.07 Å². The number of benzene rings is 3. The average molecular weight is 449 g/mol. The van der Waals surface area contributed by atoms with Crippen LogP contribution in [0.15, 0.2) is 77.7 Å². The van der Waals surface area contributed by atoms with Crippen molar-refractivity contribution in [3.05, 3.63) is 89.5 Å². The molecule has 0 radical (unpaired) electrons. The topological polar surface area (TPSA) is 125 Å². The van der Waals surface area contributed by atoms with E-state index in [2.05, 4.69) is 10.0 Å². The highest BCUT2D eigenvalue weighted by Crippen LogP contribution is 2.18. The summed E-state index contributed by atoms with van der Waals surface area (Å²) in [6.45, 7) is 1.33. The second kappa shape index (κ2) is 9.76. The number of anilines is 2. The van der Waals surface area contributed by atoms with Crippen molar-refractivity contribution in [1.29, 1.82) is 5.26 Å². The first-order chi connectivity index (χ1) is 15.3. The van der Waals surface area contributed by atoms with E-state index in [0.29, 0.717) is 11.4 Å². The van der Waals surface area contributed by atoms with Gasteiger partial charge in [-0.1, -0.05) is 29.8 Å². The van der Waals surface area contributed by atoms with E-state index in [9.17, 15) is 18.0 Å². The Hall–Kier alpha value is -4.16. The predicted octanol–water partition coefficient (Wildman–Crippen LogP) is 3.46. The number of amides is 1. The second-order valence-corrected chi connectivity index (χ2v) is 8.46. The number of nitrogens with one attached hydrogen (secondary N) is 2. The van der Waals surface area contributed by atoms with Crippen molar-refractivity contribution >= 4 is 33.3 Å². The Morgan fingerprint density at radius 1 is 0.969 bits per heavy atom. The molecule has 0 fully saturated rings. The fraction of sp³-hybridized carbons (Fsp3) is 0.0870. The Kier molecular flexibility index (Phi) is 6.87. The number of aryl methyl sites for hydroxylation is 1. The molecule has 0 aliphatic carbocycles. The first kappa shape index (κ1) is 22.5. The summed E-state index contributed by atoms with van der Waals surface area (Å²) in [6.07, 6.45) is 0. The van der Waals surface area contributed by atoms with Crippen LogP contribution in [0.1, 0.15) is 21.5 Å². The van der Waals surface area contributed by atoms with Crippen LogP contribution in [0.2, 0.25) is 0 Å². The van der Waals surface area contributed by atoms with Gasteiger partial charge in [-0.25, -0.2) is 13.2 Å². The van der Waals surface area contributed by atoms with E-state index in [1.807, 2.05) is 13.0 Å². The standard InChI is InChI=1S/C23H19N3O5S/c1-16-6-10-19(11-7-16)26-32(29,30)20-12-8-17(9-13-20)23(28)31-15-22(27)25-21-5-3-2-4-18(21)14-24/h2-13,26H,15H2,1H3,(H,25,27). The number of hydrogen-bond donors (Lipinski definition) is 2. The fourth-order valence-corrected chi connectivity index (χ4v) is 3.75. The molecule has 1 amide bonds. The zero-order valence-electron chi connectivity index (χ0n) is 17.0. The van der Waals surface area contributed by atoms with Crippen molar-refractivity contribution in [3.63, 3.8) is 0 Å². The smallest absolute Gasteiger partial charge is 0.338 e. The molecule has 3 aromatic rings. The van der Waals surface area contributed by atoms with E-state index in [1.54, 1.807) is 48.5 Å². The third-order valence-electron chi connectivity index (χ3n) is 4.36. The molecule has 0 aromatic heterocycles. The normalized spacial score (nSPS) is 10.6. The molecule has 0 bridgehead atoms. The summed E-state index contributed by atoms with van der Waals surface area (Å²) in [6, 6.07) is 20.4. The van der Waals surface area contributed by atoms with Gasteiger partial charge >= 0.3 is 5.97 Å². The van der Waals surface area contributed by atoms with Crippen LogP contribution < -0.4 is 10.0 Å². The highest BCUT2D eigenvalue weighted by molar-refractivity contribution is 7.92. The van der Waals surface area contributed by atoms with E-state index in [-0.39, 0.29) is 16.0 Å². The van der Waals surface area contributed by atoms with Gasteiger partial charge in [0.05, 0.1) is 21.7 Å². The van der Waals surface area contributed by atoms with Crippen LogP contribution in [0.4, 0.5) is 11.4 Å². The molecule has 3 aromatic carbocycles. The molecule has 9 heteroatoms. The molecule has 0 saturated carbocycles. The molecule has 3 rings (SSSR count).